The van der Waals surface area contributed by atoms with Crippen molar-refractivity contribution in [3.05, 3.63) is 0 Å². The quantitative estimate of drug-likeness (QED) is 0.484. The summed E-state index contributed by atoms with van der Waals surface area (Å²) in [6.07, 6.45) is 0.769. The summed E-state index contributed by atoms with van der Waals surface area (Å²) >= 11 is 0. The lowest BCUT2D eigenvalue weighted by Gasteiger charge is -2.05. The van der Waals surface area contributed by atoms with Gasteiger partial charge < -0.3 is 9.47 Å². The number of aliphatic imine (C=N–C) groups is 1. The van der Waals surface area contributed by atoms with E-state index in [0.29, 0.717) is 0 Å². The van der Waals surface area contributed by atoms with Crippen molar-refractivity contribution in [3.8, 4) is 0 Å². The van der Waals surface area contributed by atoms with E-state index in [4.69, 9.17) is 4.74 Å². The lowest BCUT2D eigenvalue weighted by molar-refractivity contribution is -0.153. The first-order valence-corrected chi connectivity index (χ1v) is 3.00. The first-order valence-electron chi connectivity index (χ1n) is 3.00. The van der Waals surface area contributed by atoms with Gasteiger partial charge in [0.15, 0.2) is 0 Å². The zero-order valence-corrected chi connectivity index (χ0v) is 5.90. The van der Waals surface area contributed by atoms with Crippen LogP contribution in [0.25, 0.3) is 0 Å². The van der Waals surface area contributed by atoms with Crippen LogP contribution in [0, 0.1) is 0 Å². The minimum atomic E-state index is -0.736. The van der Waals surface area contributed by atoms with Gasteiger partial charge in [-0.2, -0.15) is 0 Å². The smallest absolute Gasteiger partial charge is 0.358 e. The van der Waals surface area contributed by atoms with E-state index in [1.165, 1.54) is 7.11 Å². The van der Waals surface area contributed by atoms with Crippen LogP contribution in [0.5, 0.6) is 0 Å². The van der Waals surface area contributed by atoms with E-state index in [1.807, 2.05) is 6.92 Å². The van der Waals surface area contributed by atoms with Crippen molar-refractivity contribution < 1.29 is 14.3 Å². The first kappa shape index (κ1) is 7.21. The number of carbonyl (C=O) groups excluding carboxylic acids is 1. The average molecular weight is 143 g/mol. The molecule has 0 bridgehead atoms. The molecule has 56 valence electrons. The molecule has 0 saturated heterocycles. The molecule has 10 heavy (non-hydrogen) atoms. The second-order valence-corrected chi connectivity index (χ2v) is 2.01. The van der Waals surface area contributed by atoms with E-state index < -0.39 is 12.2 Å². The molecule has 1 aliphatic rings. The van der Waals surface area contributed by atoms with Crippen molar-refractivity contribution >= 4 is 12.2 Å². The summed E-state index contributed by atoms with van der Waals surface area (Å²) in [6.45, 7) is 1.81. The number of hydrogen-bond donors (Lipinski definition) is 0. The SMILES string of the molecule is COC(=O)[C@@H]1N=C[C@H](C)O1. The maximum Gasteiger partial charge on any atom is 0.358 e. The van der Waals surface area contributed by atoms with Crippen LogP contribution in [-0.4, -0.2) is 31.6 Å². The lowest BCUT2D eigenvalue weighted by atomic mass is 10.5. The largest absolute Gasteiger partial charge is 0.466 e. The van der Waals surface area contributed by atoms with Gasteiger partial charge >= 0.3 is 5.97 Å². The molecule has 0 radical (unpaired) electrons. The summed E-state index contributed by atoms with van der Waals surface area (Å²) in [4.78, 5) is 14.5. The summed E-state index contributed by atoms with van der Waals surface area (Å²) in [7, 11) is 1.31. The number of methoxy groups -OCH3 is 1. The highest BCUT2D eigenvalue weighted by Crippen LogP contribution is 2.07. The van der Waals surface area contributed by atoms with E-state index in [9.17, 15) is 4.79 Å². The maximum absolute atomic E-state index is 10.7. The maximum atomic E-state index is 10.7. The Morgan fingerprint density at radius 1 is 1.80 bits per heavy atom. The van der Waals surface area contributed by atoms with Gasteiger partial charge in [-0.1, -0.05) is 0 Å². The minimum Gasteiger partial charge on any atom is -0.466 e. The third-order valence-electron chi connectivity index (χ3n) is 1.18. The van der Waals surface area contributed by atoms with Crippen LogP contribution < -0.4 is 0 Å². The van der Waals surface area contributed by atoms with Crippen LogP contribution in [-0.2, 0) is 14.3 Å². The van der Waals surface area contributed by atoms with Gasteiger partial charge in [0.2, 0.25) is 6.23 Å². The molecule has 4 heteroatoms. The fraction of sp³-hybridized carbons (Fsp3) is 0.667. The second kappa shape index (κ2) is 2.79. The summed E-state index contributed by atoms with van der Waals surface area (Å²) in [5.41, 5.74) is 0. The molecular formula is C6H9NO3. The number of nitrogens with zero attached hydrogens (tertiary/aromatic N) is 1. The number of hydrogen-bond acceptors (Lipinski definition) is 4. The Labute approximate surface area is 58.8 Å². The zero-order chi connectivity index (χ0) is 7.56. The van der Waals surface area contributed by atoms with Crippen molar-refractivity contribution in [2.24, 2.45) is 4.99 Å². The molecule has 1 aliphatic heterocycles. The van der Waals surface area contributed by atoms with Crippen LogP contribution in [0.4, 0.5) is 0 Å². The van der Waals surface area contributed by atoms with Crippen LogP contribution in [0.3, 0.4) is 0 Å². The van der Waals surface area contributed by atoms with Gasteiger partial charge in [-0.15, -0.1) is 0 Å². The van der Waals surface area contributed by atoms with Gasteiger partial charge in [-0.05, 0) is 6.92 Å². The Hall–Kier alpha value is -0.900. The molecule has 1 rings (SSSR count). The first-order chi connectivity index (χ1) is 4.74. The molecule has 0 spiro atoms. The number of carbonyl (C=O) groups is 1. The third-order valence-corrected chi connectivity index (χ3v) is 1.18. The minimum absolute atomic E-state index is 0.0795. The summed E-state index contributed by atoms with van der Waals surface area (Å²) < 4.78 is 9.42. The summed E-state index contributed by atoms with van der Waals surface area (Å²) in [5.74, 6) is -0.444. The fourth-order valence-electron chi connectivity index (χ4n) is 0.690. The van der Waals surface area contributed by atoms with Gasteiger partial charge in [-0.3, -0.25) is 4.99 Å². The molecule has 0 fully saturated rings. The van der Waals surface area contributed by atoms with E-state index in [1.54, 1.807) is 6.21 Å². The number of ether oxygens (including phenoxy) is 2. The topological polar surface area (TPSA) is 47.9 Å². The Morgan fingerprint density at radius 2 is 2.50 bits per heavy atom. The molecule has 0 aliphatic carbocycles. The molecule has 1 heterocycles. The highest BCUT2D eigenvalue weighted by Gasteiger charge is 2.24. The Balaban J connectivity index is 2.46. The van der Waals surface area contributed by atoms with Crippen LogP contribution in [0.1, 0.15) is 6.92 Å². The standard InChI is InChI=1S/C6H9NO3/c1-4-3-7-5(10-4)6(8)9-2/h3-5H,1-2H3/t4-,5+/m0/s1. The Kier molecular flexibility index (Phi) is 2.01. The molecule has 0 aromatic rings. The fourth-order valence-corrected chi connectivity index (χ4v) is 0.690. The molecule has 0 aromatic carbocycles. The van der Waals surface area contributed by atoms with Gasteiger partial charge in [0, 0.05) is 6.21 Å². The van der Waals surface area contributed by atoms with E-state index in [-0.39, 0.29) is 6.10 Å². The summed E-state index contributed by atoms with van der Waals surface area (Å²) in [6, 6.07) is 0. The molecule has 2 atom stereocenters. The highest BCUT2D eigenvalue weighted by molar-refractivity contribution is 5.79. The number of esters is 1. The van der Waals surface area contributed by atoms with Gasteiger partial charge in [0.1, 0.15) is 0 Å². The zero-order valence-electron chi connectivity index (χ0n) is 5.90. The molecule has 0 saturated carbocycles. The normalized spacial score (nSPS) is 30.6. The van der Waals surface area contributed by atoms with Crippen LogP contribution in [0.15, 0.2) is 4.99 Å². The molecule has 0 unspecified atom stereocenters. The van der Waals surface area contributed by atoms with Gasteiger partial charge in [-0.25, -0.2) is 4.79 Å². The second-order valence-electron chi connectivity index (χ2n) is 2.01. The van der Waals surface area contributed by atoms with Crippen molar-refractivity contribution in [1.29, 1.82) is 0 Å². The summed E-state index contributed by atoms with van der Waals surface area (Å²) in [5, 5.41) is 0. The predicted molar refractivity (Wildman–Crippen MR) is 34.8 cm³/mol. The van der Waals surface area contributed by atoms with E-state index >= 15 is 0 Å². The number of rotatable bonds is 1. The van der Waals surface area contributed by atoms with Crippen molar-refractivity contribution in [3.63, 3.8) is 0 Å². The molecular weight excluding hydrogens is 134 g/mol. The van der Waals surface area contributed by atoms with E-state index in [0.717, 1.165) is 0 Å². The molecule has 4 nitrogen and oxygen atoms in total. The molecule has 0 amide bonds. The van der Waals surface area contributed by atoms with Gasteiger partial charge in [0.05, 0.1) is 13.2 Å². The average Bonchev–Trinajstić information content (AvgIpc) is 2.34. The molecule has 0 aromatic heterocycles. The molecule has 0 N–H and O–H groups in total. The van der Waals surface area contributed by atoms with Gasteiger partial charge in [0.25, 0.3) is 0 Å². The third kappa shape index (κ3) is 1.33. The van der Waals surface area contributed by atoms with Crippen LogP contribution in [0.2, 0.25) is 0 Å². The van der Waals surface area contributed by atoms with Crippen molar-refractivity contribution in [2.75, 3.05) is 7.11 Å². The van der Waals surface area contributed by atoms with E-state index in [2.05, 4.69) is 9.73 Å². The van der Waals surface area contributed by atoms with Crippen molar-refractivity contribution in [2.45, 2.75) is 19.3 Å². The predicted octanol–water partition coefficient (Wildman–Crippen LogP) is -0.0250. The Bertz CT molecular complexity index is 166. The monoisotopic (exact) mass is 143 g/mol. The lowest BCUT2D eigenvalue weighted by Crippen LogP contribution is -2.21. The van der Waals surface area contributed by atoms with Crippen molar-refractivity contribution in [1.82, 2.24) is 0 Å². The highest BCUT2D eigenvalue weighted by atomic mass is 16.6. The van der Waals surface area contributed by atoms with Crippen LogP contribution >= 0.6 is 0 Å². The Morgan fingerprint density at radius 3 is 2.90 bits per heavy atom.